The van der Waals surface area contributed by atoms with E-state index in [4.69, 9.17) is 4.74 Å². The minimum Gasteiger partial charge on any atom is -0.497 e. The molecular formula is C22H21N3O2S. The molecule has 0 bridgehead atoms. The standard InChI is InChI=1S/C22H21N3O2S/c1-25-19-9-4-3-7-16(19)13-20(25)22-24-18(14-28-22)21(26)23-11-10-15-6-5-8-17(12-15)27-2/h3-9,12-14H,10-11H2,1-2H3,(H,23,26). The number of methoxy groups -OCH3 is 1. The highest BCUT2D eigenvalue weighted by molar-refractivity contribution is 7.13. The number of nitrogens with one attached hydrogen (secondary N) is 1. The van der Waals surface area contributed by atoms with Gasteiger partial charge in [-0.3, -0.25) is 4.79 Å². The summed E-state index contributed by atoms with van der Waals surface area (Å²) >= 11 is 1.49. The second kappa shape index (κ2) is 7.86. The van der Waals surface area contributed by atoms with Gasteiger partial charge in [0.2, 0.25) is 0 Å². The number of benzene rings is 2. The molecule has 5 nitrogen and oxygen atoms in total. The zero-order chi connectivity index (χ0) is 19.5. The third-order valence-electron chi connectivity index (χ3n) is 4.74. The van der Waals surface area contributed by atoms with Crippen molar-refractivity contribution in [3.8, 4) is 16.5 Å². The number of aromatic nitrogens is 2. The van der Waals surface area contributed by atoms with E-state index in [2.05, 4.69) is 33.1 Å². The minimum absolute atomic E-state index is 0.149. The number of ether oxygens (including phenoxy) is 1. The van der Waals surface area contributed by atoms with Gasteiger partial charge < -0.3 is 14.6 Å². The van der Waals surface area contributed by atoms with Gasteiger partial charge in [0.15, 0.2) is 0 Å². The van der Waals surface area contributed by atoms with Gasteiger partial charge in [0.1, 0.15) is 16.5 Å². The summed E-state index contributed by atoms with van der Waals surface area (Å²) in [4.78, 5) is 17.0. The Morgan fingerprint density at radius 2 is 2.04 bits per heavy atom. The molecule has 4 rings (SSSR count). The van der Waals surface area contributed by atoms with Gasteiger partial charge in [-0.2, -0.15) is 0 Å². The van der Waals surface area contributed by atoms with Crippen molar-refractivity contribution in [3.63, 3.8) is 0 Å². The van der Waals surface area contributed by atoms with Gasteiger partial charge in [-0.05, 0) is 36.2 Å². The number of thiazole rings is 1. The number of para-hydroxylation sites is 1. The van der Waals surface area contributed by atoms with Crippen molar-refractivity contribution in [2.45, 2.75) is 6.42 Å². The van der Waals surface area contributed by atoms with Gasteiger partial charge in [-0.1, -0.05) is 30.3 Å². The summed E-state index contributed by atoms with van der Waals surface area (Å²) in [5, 5.41) is 6.77. The predicted molar refractivity (Wildman–Crippen MR) is 113 cm³/mol. The van der Waals surface area contributed by atoms with Crippen LogP contribution in [-0.2, 0) is 13.5 Å². The second-order valence-corrected chi connectivity index (χ2v) is 7.40. The number of fused-ring (bicyclic) bond motifs is 1. The molecule has 28 heavy (non-hydrogen) atoms. The number of aryl methyl sites for hydroxylation is 1. The Morgan fingerprint density at radius 3 is 2.86 bits per heavy atom. The van der Waals surface area contributed by atoms with Crippen molar-refractivity contribution in [2.24, 2.45) is 7.05 Å². The smallest absolute Gasteiger partial charge is 0.270 e. The van der Waals surface area contributed by atoms with E-state index >= 15 is 0 Å². The maximum Gasteiger partial charge on any atom is 0.270 e. The Morgan fingerprint density at radius 1 is 1.18 bits per heavy atom. The van der Waals surface area contributed by atoms with Crippen LogP contribution < -0.4 is 10.1 Å². The fourth-order valence-electron chi connectivity index (χ4n) is 3.23. The molecule has 0 aliphatic heterocycles. The lowest BCUT2D eigenvalue weighted by molar-refractivity contribution is 0.0950. The van der Waals surface area contributed by atoms with E-state index in [0.717, 1.165) is 34.0 Å². The van der Waals surface area contributed by atoms with Crippen LogP contribution in [0.3, 0.4) is 0 Å². The van der Waals surface area contributed by atoms with Crippen LogP contribution in [0.4, 0.5) is 0 Å². The van der Waals surface area contributed by atoms with Crippen LogP contribution in [0, 0.1) is 0 Å². The van der Waals surface area contributed by atoms with Crippen molar-refractivity contribution >= 4 is 28.1 Å². The third kappa shape index (κ3) is 3.64. The minimum atomic E-state index is -0.149. The third-order valence-corrected chi connectivity index (χ3v) is 5.61. The summed E-state index contributed by atoms with van der Waals surface area (Å²) in [6.07, 6.45) is 0.739. The van der Waals surface area contributed by atoms with E-state index in [1.807, 2.05) is 48.8 Å². The van der Waals surface area contributed by atoms with E-state index < -0.39 is 0 Å². The largest absolute Gasteiger partial charge is 0.497 e. The molecule has 2 aromatic carbocycles. The molecular weight excluding hydrogens is 370 g/mol. The number of carbonyl (C=O) groups is 1. The number of amides is 1. The maximum absolute atomic E-state index is 12.5. The lowest BCUT2D eigenvalue weighted by Gasteiger charge is -2.05. The summed E-state index contributed by atoms with van der Waals surface area (Å²) in [5.74, 6) is 0.673. The van der Waals surface area contributed by atoms with Gasteiger partial charge in [0, 0.05) is 29.9 Å². The average Bonchev–Trinajstić information content (AvgIpc) is 3.33. The van der Waals surface area contributed by atoms with Crippen LogP contribution >= 0.6 is 11.3 Å². The fraction of sp³-hybridized carbons (Fsp3) is 0.182. The van der Waals surface area contributed by atoms with Gasteiger partial charge >= 0.3 is 0 Å². The maximum atomic E-state index is 12.5. The number of carbonyl (C=O) groups excluding carboxylic acids is 1. The van der Waals surface area contributed by atoms with E-state index in [1.165, 1.54) is 16.7 Å². The van der Waals surface area contributed by atoms with Crippen LogP contribution in [0.2, 0.25) is 0 Å². The SMILES string of the molecule is COc1cccc(CCNC(=O)c2csc(-c3cc4ccccc4n3C)n2)c1. The lowest BCUT2D eigenvalue weighted by atomic mass is 10.1. The van der Waals surface area contributed by atoms with Crippen LogP contribution in [0.5, 0.6) is 5.75 Å². The summed E-state index contributed by atoms with van der Waals surface area (Å²) in [7, 11) is 3.67. The molecule has 2 heterocycles. The van der Waals surface area contributed by atoms with E-state index in [0.29, 0.717) is 12.2 Å². The molecule has 6 heteroatoms. The van der Waals surface area contributed by atoms with Crippen molar-refractivity contribution in [2.75, 3.05) is 13.7 Å². The first-order valence-corrected chi connectivity index (χ1v) is 9.95. The predicted octanol–water partition coefficient (Wildman–Crippen LogP) is 4.28. The van der Waals surface area contributed by atoms with Gasteiger partial charge in [-0.15, -0.1) is 11.3 Å². The van der Waals surface area contributed by atoms with Crippen LogP contribution in [0.1, 0.15) is 16.1 Å². The quantitative estimate of drug-likeness (QED) is 0.534. The first-order chi connectivity index (χ1) is 13.7. The second-order valence-electron chi connectivity index (χ2n) is 6.54. The Kier molecular flexibility index (Phi) is 5.12. The molecule has 4 aromatic rings. The molecule has 0 spiro atoms. The molecule has 1 amide bonds. The zero-order valence-corrected chi connectivity index (χ0v) is 16.6. The first-order valence-electron chi connectivity index (χ1n) is 9.07. The van der Waals surface area contributed by atoms with Gasteiger partial charge in [0.05, 0.1) is 12.8 Å². The number of hydrogen-bond acceptors (Lipinski definition) is 4. The molecule has 0 unspecified atom stereocenters. The highest BCUT2D eigenvalue weighted by Crippen LogP contribution is 2.29. The molecule has 0 radical (unpaired) electrons. The Balaban J connectivity index is 1.43. The van der Waals surface area contributed by atoms with Crippen LogP contribution in [-0.4, -0.2) is 29.1 Å². The lowest BCUT2D eigenvalue weighted by Crippen LogP contribution is -2.25. The van der Waals surface area contributed by atoms with Crippen molar-refractivity contribution in [3.05, 3.63) is 71.2 Å². The highest BCUT2D eigenvalue weighted by atomic mass is 32.1. The van der Waals surface area contributed by atoms with Crippen molar-refractivity contribution < 1.29 is 9.53 Å². The molecule has 0 fully saturated rings. The van der Waals surface area contributed by atoms with Crippen molar-refractivity contribution in [1.82, 2.24) is 14.9 Å². The summed E-state index contributed by atoms with van der Waals surface area (Å²) in [6, 6.07) is 18.2. The molecule has 0 aliphatic carbocycles. The Bertz CT molecular complexity index is 1130. The van der Waals surface area contributed by atoms with E-state index in [9.17, 15) is 4.79 Å². The van der Waals surface area contributed by atoms with Gasteiger partial charge in [0.25, 0.3) is 5.91 Å². The highest BCUT2D eigenvalue weighted by Gasteiger charge is 2.15. The zero-order valence-electron chi connectivity index (χ0n) is 15.8. The molecule has 0 atom stereocenters. The summed E-state index contributed by atoms with van der Waals surface area (Å²) in [5.41, 5.74) is 3.74. The number of hydrogen-bond donors (Lipinski definition) is 1. The van der Waals surface area contributed by atoms with Crippen molar-refractivity contribution in [1.29, 1.82) is 0 Å². The molecule has 1 N–H and O–H groups in total. The molecule has 142 valence electrons. The van der Waals surface area contributed by atoms with Crippen LogP contribution in [0.25, 0.3) is 21.6 Å². The molecule has 2 aromatic heterocycles. The average molecular weight is 391 g/mol. The molecule has 0 saturated heterocycles. The monoisotopic (exact) mass is 391 g/mol. The molecule has 0 saturated carbocycles. The van der Waals surface area contributed by atoms with Gasteiger partial charge in [-0.25, -0.2) is 4.98 Å². The number of nitrogens with zero attached hydrogens (tertiary/aromatic N) is 2. The fourth-order valence-corrected chi connectivity index (χ4v) is 4.08. The van der Waals surface area contributed by atoms with E-state index in [1.54, 1.807) is 7.11 Å². The Hall–Kier alpha value is -3.12. The van der Waals surface area contributed by atoms with Crippen LogP contribution in [0.15, 0.2) is 60.0 Å². The number of rotatable bonds is 6. The Labute approximate surface area is 167 Å². The topological polar surface area (TPSA) is 56.1 Å². The molecule has 0 aliphatic rings. The summed E-state index contributed by atoms with van der Waals surface area (Å²) in [6.45, 7) is 0.549. The first kappa shape index (κ1) is 18.3. The summed E-state index contributed by atoms with van der Waals surface area (Å²) < 4.78 is 7.34. The van der Waals surface area contributed by atoms with E-state index in [-0.39, 0.29) is 5.91 Å². The normalized spacial score (nSPS) is 10.9.